The van der Waals surface area contributed by atoms with E-state index in [1.165, 1.54) is 0 Å². The zero-order valence-corrected chi connectivity index (χ0v) is 10.1. The Morgan fingerprint density at radius 2 is 1.88 bits per heavy atom. The molecule has 1 aliphatic rings. The predicted molar refractivity (Wildman–Crippen MR) is 67.8 cm³/mol. The van der Waals surface area contributed by atoms with E-state index in [-0.39, 0.29) is 6.04 Å². The van der Waals surface area contributed by atoms with Crippen LogP contribution in [0.15, 0.2) is 35.0 Å². The van der Waals surface area contributed by atoms with Crippen molar-refractivity contribution < 1.29 is 9.47 Å². The minimum Gasteiger partial charge on any atom is -0.486 e. The van der Waals surface area contributed by atoms with Gasteiger partial charge in [-0.1, -0.05) is 6.07 Å². The maximum absolute atomic E-state index is 6.20. The molecular formula is C13H13NO2S. The first-order valence-corrected chi connectivity index (χ1v) is 6.46. The summed E-state index contributed by atoms with van der Waals surface area (Å²) in [6.07, 6.45) is 0. The molecule has 1 aliphatic heterocycles. The average Bonchev–Trinajstić information content (AvgIpc) is 2.91. The fraction of sp³-hybridized carbons (Fsp3) is 0.231. The molecule has 0 radical (unpaired) electrons. The van der Waals surface area contributed by atoms with Crippen molar-refractivity contribution in [1.82, 2.24) is 0 Å². The third kappa shape index (κ3) is 2.01. The van der Waals surface area contributed by atoms with Gasteiger partial charge in [-0.05, 0) is 40.1 Å². The molecule has 1 atom stereocenters. The van der Waals surface area contributed by atoms with Crippen molar-refractivity contribution in [3.63, 3.8) is 0 Å². The van der Waals surface area contributed by atoms with Crippen molar-refractivity contribution in [1.29, 1.82) is 0 Å². The molecule has 0 unspecified atom stereocenters. The number of fused-ring (bicyclic) bond motifs is 1. The number of nitrogens with two attached hydrogens (primary N) is 1. The lowest BCUT2D eigenvalue weighted by molar-refractivity contribution is 0.171. The van der Waals surface area contributed by atoms with Crippen LogP contribution in [0.25, 0.3) is 0 Å². The predicted octanol–water partition coefficient (Wildman–Crippen LogP) is 2.57. The second-order valence-corrected chi connectivity index (χ2v) is 4.72. The summed E-state index contributed by atoms with van der Waals surface area (Å²) < 4.78 is 11.0. The van der Waals surface area contributed by atoms with Crippen LogP contribution >= 0.6 is 11.3 Å². The monoisotopic (exact) mass is 247 g/mol. The molecule has 0 aliphatic carbocycles. The maximum atomic E-state index is 6.20. The molecule has 1 aromatic heterocycles. The summed E-state index contributed by atoms with van der Waals surface area (Å²) in [7, 11) is 0. The summed E-state index contributed by atoms with van der Waals surface area (Å²) in [5, 5.41) is 4.11. The first-order valence-electron chi connectivity index (χ1n) is 5.52. The Morgan fingerprint density at radius 1 is 1.06 bits per heavy atom. The van der Waals surface area contributed by atoms with Crippen molar-refractivity contribution in [3.8, 4) is 11.5 Å². The van der Waals surface area contributed by atoms with Crippen LogP contribution in [0.4, 0.5) is 0 Å². The molecule has 4 heteroatoms. The highest BCUT2D eigenvalue weighted by molar-refractivity contribution is 7.08. The van der Waals surface area contributed by atoms with Crippen LogP contribution in [-0.2, 0) is 0 Å². The molecule has 17 heavy (non-hydrogen) atoms. The van der Waals surface area contributed by atoms with E-state index in [0.717, 1.165) is 22.6 Å². The average molecular weight is 247 g/mol. The van der Waals surface area contributed by atoms with Gasteiger partial charge in [-0.15, -0.1) is 0 Å². The van der Waals surface area contributed by atoms with E-state index in [1.807, 2.05) is 29.6 Å². The van der Waals surface area contributed by atoms with E-state index < -0.39 is 0 Å². The van der Waals surface area contributed by atoms with Gasteiger partial charge in [-0.2, -0.15) is 11.3 Å². The van der Waals surface area contributed by atoms with Gasteiger partial charge in [0.15, 0.2) is 11.5 Å². The standard InChI is InChI=1S/C13H13NO2S/c14-13(10-3-6-17-8-10)9-1-2-11-12(7-9)16-5-4-15-11/h1-3,6-8,13H,4-5,14H2/t13-/m1/s1. The molecule has 1 aromatic carbocycles. The Morgan fingerprint density at radius 3 is 2.65 bits per heavy atom. The summed E-state index contributed by atoms with van der Waals surface area (Å²) >= 11 is 1.66. The molecule has 2 heterocycles. The molecule has 2 aromatic rings. The number of benzene rings is 1. The molecule has 0 bridgehead atoms. The van der Waals surface area contributed by atoms with Crippen molar-refractivity contribution in [2.75, 3.05) is 13.2 Å². The van der Waals surface area contributed by atoms with Gasteiger partial charge in [0.05, 0.1) is 6.04 Å². The van der Waals surface area contributed by atoms with Gasteiger partial charge in [0.2, 0.25) is 0 Å². The SMILES string of the molecule is N[C@@H](c1ccsc1)c1ccc2c(c1)OCCO2. The van der Waals surface area contributed by atoms with E-state index in [2.05, 4.69) is 5.38 Å². The highest BCUT2D eigenvalue weighted by Crippen LogP contribution is 2.33. The maximum Gasteiger partial charge on any atom is 0.161 e. The Bertz CT molecular complexity index is 510. The van der Waals surface area contributed by atoms with E-state index in [4.69, 9.17) is 15.2 Å². The first-order chi connectivity index (χ1) is 8.34. The molecule has 3 rings (SSSR count). The number of rotatable bonds is 2. The molecule has 0 amide bonds. The smallest absolute Gasteiger partial charge is 0.161 e. The lowest BCUT2D eigenvalue weighted by atomic mass is 10.0. The fourth-order valence-corrected chi connectivity index (χ4v) is 2.59. The Labute approximate surface area is 104 Å². The summed E-state index contributed by atoms with van der Waals surface area (Å²) in [5.74, 6) is 1.59. The minimum atomic E-state index is -0.0999. The summed E-state index contributed by atoms with van der Waals surface area (Å²) in [6.45, 7) is 1.22. The second-order valence-electron chi connectivity index (χ2n) is 3.94. The lowest BCUT2D eigenvalue weighted by Gasteiger charge is -2.20. The van der Waals surface area contributed by atoms with Crippen LogP contribution in [0.2, 0.25) is 0 Å². The van der Waals surface area contributed by atoms with E-state index >= 15 is 0 Å². The second kappa shape index (κ2) is 4.39. The first kappa shape index (κ1) is 10.6. The number of hydrogen-bond donors (Lipinski definition) is 1. The Kier molecular flexibility index (Phi) is 2.74. The molecule has 0 spiro atoms. The van der Waals surface area contributed by atoms with Crippen LogP contribution in [0.3, 0.4) is 0 Å². The highest BCUT2D eigenvalue weighted by Gasteiger charge is 2.15. The summed E-state index contributed by atoms with van der Waals surface area (Å²) in [4.78, 5) is 0. The minimum absolute atomic E-state index is 0.0999. The van der Waals surface area contributed by atoms with Gasteiger partial charge < -0.3 is 15.2 Å². The molecule has 88 valence electrons. The topological polar surface area (TPSA) is 44.5 Å². The zero-order chi connectivity index (χ0) is 11.7. The molecule has 0 saturated carbocycles. The van der Waals surface area contributed by atoms with E-state index in [9.17, 15) is 0 Å². The van der Waals surface area contributed by atoms with Crippen molar-refractivity contribution >= 4 is 11.3 Å². The van der Waals surface area contributed by atoms with Crippen molar-refractivity contribution in [2.45, 2.75) is 6.04 Å². The third-order valence-corrected chi connectivity index (χ3v) is 3.53. The van der Waals surface area contributed by atoms with Gasteiger partial charge >= 0.3 is 0 Å². The van der Waals surface area contributed by atoms with Gasteiger partial charge in [-0.25, -0.2) is 0 Å². The van der Waals surface area contributed by atoms with Crippen molar-refractivity contribution in [3.05, 3.63) is 46.2 Å². The van der Waals surface area contributed by atoms with Crippen LogP contribution in [-0.4, -0.2) is 13.2 Å². The van der Waals surface area contributed by atoms with Gasteiger partial charge in [0.1, 0.15) is 13.2 Å². The number of ether oxygens (including phenoxy) is 2. The largest absolute Gasteiger partial charge is 0.486 e. The van der Waals surface area contributed by atoms with E-state index in [1.54, 1.807) is 11.3 Å². The molecular weight excluding hydrogens is 234 g/mol. The third-order valence-electron chi connectivity index (χ3n) is 2.83. The van der Waals surface area contributed by atoms with Crippen LogP contribution in [0.1, 0.15) is 17.2 Å². The molecule has 3 nitrogen and oxygen atoms in total. The lowest BCUT2D eigenvalue weighted by Crippen LogP contribution is -2.17. The summed E-state index contributed by atoms with van der Waals surface area (Å²) in [6, 6.07) is 7.84. The van der Waals surface area contributed by atoms with E-state index in [0.29, 0.717) is 13.2 Å². The van der Waals surface area contributed by atoms with Gasteiger partial charge in [0.25, 0.3) is 0 Å². The summed E-state index contributed by atoms with van der Waals surface area (Å²) in [5.41, 5.74) is 8.38. The van der Waals surface area contributed by atoms with Gasteiger partial charge in [-0.3, -0.25) is 0 Å². The fourth-order valence-electron chi connectivity index (χ4n) is 1.90. The van der Waals surface area contributed by atoms with Crippen LogP contribution in [0.5, 0.6) is 11.5 Å². The van der Waals surface area contributed by atoms with Crippen LogP contribution < -0.4 is 15.2 Å². The normalized spacial score (nSPS) is 15.6. The van der Waals surface area contributed by atoms with Crippen molar-refractivity contribution in [2.24, 2.45) is 5.73 Å². The number of hydrogen-bond acceptors (Lipinski definition) is 4. The zero-order valence-electron chi connectivity index (χ0n) is 9.26. The molecule has 0 saturated heterocycles. The highest BCUT2D eigenvalue weighted by atomic mass is 32.1. The molecule has 0 fully saturated rings. The number of thiophene rings is 1. The Balaban J connectivity index is 1.93. The van der Waals surface area contributed by atoms with Crippen LogP contribution in [0, 0.1) is 0 Å². The Hall–Kier alpha value is -1.52. The van der Waals surface area contributed by atoms with Gasteiger partial charge in [0, 0.05) is 0 Å². The molecule has 2 N–H and O–H groups in total. The quantitative estimate of drug-likeness (QED) is 0.887.